The predicted octanol–water partition coefficient (Wildman–Crippen LogP) is 2.34. The molecule has 1 fully saturated rings. The normalized spacial score (nSPS) is 20.2. The average molecular weight is 368 g/mol. The molecule has 2 atom stereocenters. The van der Waals surface area contributed by atoms with Gasteiger partial charge in [-0.25, -0.2) is 14.1 Å². The number of rotatable bonds is 3. The summed E-state index contributed by atoms with van der Waals surface area (Å²) in [5.74, 6) is 0.792. The summed E-state index contributed by atoms with van der Waals surface area (Å²) in [7, 11) is 0. The topological polar surface area (TPSA) is 77.0 Å². The second-order valence-corrected chi connectivity index (χ2v) is 6.39. The molecule has 1 aromatic heterocycles. The summed E-state index contributed by atoms with van der Waals surface area (Å²) in [6.07, 6.45) is 1.86. The number of amides is 1. The van der Waals surface area contributed by atoms with Crippen molar-refractivity contribution < 1.29 is 9.18 Å². The smallest absolute Gasteiger partial charge is 0.293 e. The molecule has 1 aromatic carbocycles. The molecule has 2 aromatic rings. The molecule has 0 bridgehead atoms. The van der Waals surface area contributed by atoms with Crippen LogP contribution in [-0.4, -0.2) is 44.7 Å². The molecule has 25 heavy (non-hydrogen) atoms. The Morgan fingerprint density at radius 1 is 1.36 bits per heavy atom. The van der Waals surface area contributed by atoms with E-state index in [2.05, 4.69) is 17.0 Å². The fraction of sp³-hybridized carbons (Fsp3) is 0.471. The molecule has 2 heterocycles. The molecule has 3 rings (SSSR count). The molecular formula is C17H23ClFN5O. The van der Waals surface area contributed by atoms with E-state index in [4.69, 9.17) is 5.73 Å². The van der Waals surface area contributed by atoms with Gasteiger partial charge in [-0.2, -0.15) is 0 Å². The van der Waals surface area contributed by atoms with Gasteiger partial charge < -0.3 is 10.6 Å². The van der Waals surface area contributed by atoms with Gasteiger partial charge in [0.15, 0.2) is 0 Å². The van der Waals surface area contributed by atoms with Crippen molar-refractivity contribution in [3.8, 4) is 5.69 Å². The Hall–Kier alpha value is -1.99. The van der Waals surface area contributed by atoms with Gasteiger partial charge in [0.25, 0.3) is 5.91 Å². The quantitative estimate of drug-likeness (QED) is 0.903. The first-order valence-electron chi connectivity index (χ1n) is 8.20. The number of carbonyl (C=O) groups is 1. The Labute approximate surface area is 152 Å². The number of nitrogens with zero attached hydrogens (tertiary/aromatic N) is 4. The van der Waals surface area contributed by atoms with Gasteiger partial charge in [-0.15, -0.1) is 17.5 Å². The summed E-state index contributed by atoms with van der Waals surface area (Å²) in [4.78, 5) is 18.9. The maximum atomic E-state index is 13.1. The molecule has 2 unspecified atom stereocenters. The van der Waals surface area contributed by atoms with Crippen LogP contribution in [0.15, 0.2) is 24.3 Å². The van der Waals surface area contributed by atoms with Gasteiger partial charge in [0, 0.05) is 19.1 Å². The lowest BCUT2D eigenvalue weighted by atomic mass is 9.92. The molecule has 0 saturated carbocycles. The van der Waals surface area contributed by atoms with Gasteiger partial charge in [-0.05, 0) is 49.9 Å². The van der Waals surface area contributed by atoms with E-state index < -0.39 is 0 Å². The second-order valence-electron chi connectivity index (χ2n) is 6.39. The van der Waals surface area contributed by atoms with E-state index >= 15 is 0 Å². The SMILES string of the molecule is Cc1nc(C(=O)N2CCC(C)CC2CN)nn1-c1ccc(F)cc1.Cl. The minimum Gasteiger partial charge on any atom is -0.332 e. The number of likely N-dealkylation sites (tertiary alicyclic amines) is 1. The highest BCUT2D eigenvalue weighted by atomic mass is 35.5. The number of aryl methyl sites for hydroxylation is 1. The fourth-order valence-electron chi connectivity index (χ4n) is 3.18. The van der Waals surface area contributed by atoms with Crippen LogP contribution in [0.3, 0.4) is 0 Å². The van der Waals surface area contributed by atoms with Crippen LogP contribution in [0.1, 0.15) is 36.2 Å². The first-order chi connectivity index (χ1) is 11.5. The van der Waals surface area contributed by atoms with Crippen molar-refractivity contribution in [1.29, 1.82) is 0 Å². The first-order valence-corrected chi connectivity index (χ1v) is 8.20. The lowest BCUT2D eigenvalue weighted by Crippen LogP contribution is -2.49. The molecule has 8 heteroatoms. The van der Waals surface area contributed by atoms with Crippen molar-refractivity contribution in [2.24, 2.45) is 11.7 Å². The highest BCUT2D eigenvalue weighted by molar-refractivity contribution is 5.90. The Morgan fingerprint density at radius 2 is 2.04 bits per heavy atom. The number of aromatic nitrogens is 3. The standard InChI is InChI=1S/C17H22FN5O.ClH/c1-11-7-8-22(15(9-11)10-19)17(24)16-20-12(2)23(21-16)14-5-3-13(18)4-6-14;/h3-6,11,15H,7-10,19H2,1-2H3;1H. The highest BCUT2D eigenvalue weighted by Crippen LogP contribution is 2.23. The van der Waals surface area contributed by atoms with Gasteiger partial charge in [-0.1, -0.05) is 6.92 Å². The summed E-state index contributed by atoms with van der Waals surface area (Å²) in [5.41, 5.74) is 6.51. The Morgan fingerprint density at radius 3 is 2.68 bits per heavy atom. The van der Waals surface area contributed by atoms with Gasteiger partial charge in [0.05, 0.1) is 5.69 Å². The summed E-state index contributed by atoms with van der Waals surface area (Å²) in [5, 5.41) is 4.32. The number of halogens is 2. The maximum absolute atomic E-state index is 13.1. The van der Waals surface area contributed by atoms with Crippen molar-refractivity contribution in [1.82, 2.24) is 19.7 Å². The molecule has 6 nitrogen and oxygen atoms in total. The molecular weight excluding hydrogens is 345 g/mol. The summed E-state index contributed by atoms with van der Waals surface area (Å²) < 4.78 is 14.6. The molecule has 1 aliphatic heterocycles. The lowest BCUT2D eigenvalue weighted by Gasteiger charge is -2.37. The van der Waals surface area contributed by atoms with Gasteiger partial charge in [0.2, 0.25) is 5.82 Å². The molecule has 0 aliphatic carbocycles. The van der Waals surface area contributed by atoms with E-state index in [0.717, 1.165) is 12.8 Å². The number of carbonyl (C=O) groups excluding carboxylic acids is 1. The minimum atomic E-state index is -0.318. The molecule has 1 saturated heterocycles. The van der Waals surface area contributed by atoms with Crippen LogP contribution in [0.2, 0.25) is 0 Å². The third kappa shape index (κ3) is 3.99. The third-order valence-electron chi connectivity index (χ3n) is 4.54. The van der Waals surface area contributed by atoms with Crippen molar-refractivity contribution in [2.45, 2.75) is 32.7 Å². The Balaban J connectivity index is 0.00000225. The third-order valence-corrected chi connectivity index (χ3v) is 4.54. The zero-order valence-electron chi connectivity index (χ0n) is 14.4. The number of nitrogens with two attached hydrogens (primary N) is 1. The Kier molecular flexibility index (Phi) is 6.13. The largest absolute Gasteiger partial charge is 0.332 e. The molecule has 2 N–H and O–H groups in total. The molecule has 1 aliphatic rings. The summed E-state index contributed by atoms with van der Waals surface area (Å²) in [6.45, 7) is 5.06. The number of piperidine rings is 1. The van der Waals surface area contributed by atoms with E-state index in [1.54, 1.807) is 28.6 Å². The molecule has 0 spiro atoms. The van der Waals surface area contributed by atoms with Gasteiger partial charge >= 0.3 is 0 Å². The van der Waals surface area contributed by atoms with Crippen molar-refractivity contribution >= 4 is 18.3 Å². The maximum Gasteiger partial charge on any atom is 0.293 e. The van der Waals surface area contributed by atoms with E-state index in [9.17, 15) is 9.18 Å². The minimum absolute atomic E-state index is 0. The van der Waals surface area contributed by atoms with Crippen LogP contribution in [0.5, 0.6) is 0 Å². The van der Waals surface area contributed by atoms with E-state index in [0.29, 0.717) is 30.5 Å². The van der Waals surface area contributed by atoms with E-state index in [-0.39, 0.29) is 36.0 Å². The monoisotopic (exact) mass is 367 g/mol. The fourth-order valence-corrected chi connectivity index (χ4v) is 3.18. The predicted molar refractivity (Wildman–Crippen MR) is 95.6 cm³/mol. The van der Waals surface area contributed by atoms with Crippen molar-refractivity contribution in [3.05, 3.63) is 41.7 Å². The second kappa shape index (κ2) is 7.93. The van der Waals surface area contributed by atoms with Crippen LogP contribution < -0.4 is 5.73 Å². The van der Waals surface area contributed by atoms with E-state index in [1.807, 2.05) is 0 Å². The number of hydrogen-bond donors (Lipinski definition) is 1. The van der Waals surface area contributed by atoms with Crippen molar-refractivity contribution in [2.75, 3.05) is 13.1 Å². The van der Waals surface area contributed by atoms with Crippen LogP contribution in [0.4, 0.5) is 4.39 Å². The zero-order valence-corrected chi connectivity index (χ0v) is 15.2. The molecule has 1 amide bonds. The van der Waals surface area contributed by atoms with Gasteiger partial charge in [0.1, 0.15) is 11.6 Å². The Bertz CT molecular complexity index is 733. The van der Waals surface area contributed by atoms with Crippen LogP contribution in [0.25, 0.3) is 5.69 Å². The lowest BCUT2D eigenvalue weighted by molar-refractivity contribution is 0.0561. The summed E-state index contributed by atoms with van der Waals surface area (Å²) in [6, 6.07) is 5.95. The molecule has 0 radical (unpaired) electrons. The molecule has 136 valence electrons. The zero-order chi connectivity index (χ0) is 17.3. The van der Waals surface area contributed by atoms with Gasteiger partial charge in [-0.3, -0.25) is 4.79 Å². The van der Waals surface area contributed by atoms with Crippen LogP contribution in [0, 0.1) is 18.7 Å². The van der Waals surface area contributed by atoms with Crippen LogP contribution in [-0.2, 0) is 0 Å². The first kappa shape index (κ1) is 19.3. The van der Waals surface area contributed by atoms with Crippen LogP contribution >= 0.6 is 12.4 Å². The highest BCUT2D eigenvalue weighted by Gasteiger charge is 2.31. The average Bonchev–Trinajstić information content (AvgIpc) is 2.96. The number of benzene rings is 1. The summed E-state index contributed by atoms with van der Waals surface area (Å²) >= 11 is 0. The van der Waals surface area contributed by atoms with E-state index in [1.165, 1.54) is 12.1 Å². The van der Waals surface area contributed by atoms with Crippen molar-refractivity contribution in [3.63, 3.8) is 0 Å². The number of hydrogen-bond acceptors (Lipinski definition) is 4.